The molecular formula is C8H8FNO2. The zero-order valence-corrected chi connectivity index (χ0v) is 6.58. The van der Waals surface area contributed by atoms with Crippen LogP contribution in [0.2, 0.25) is 0 Å². The van der Waals surface area contributed by atoms with Crippen molar-refractivity contribution < 1.29 is 9.31 Å². The van der Waals surface area contributed by atoms with Crippen molar-refractivity contribution in [3.63, 3.8) is 0 Å². The molecule has 0 aliphatic carbocycles. The Morgan fingerprint density at radius 2 is 2.25 bits per heavy atom. The van der Waals surface area contributed by atoms with Crippen LogP contribution in [0.15, 0.2) is 18.2 Å². The molecule has 0 heterocycles. The molecule has 0 N–H and O–H groups in total. The number of nitrogens with zero attached hydrogens (tertiary/aromatic N) is 1. The highest BCUT2D eigenvalue weighted by Crippen LogP contribution is 2.10. The first kappa shape index (κ1) is 8.64. The second-order valence-corrected chi connectivity index (χ2v) is 2.59. The van der Waals surface area contributed by atoms with Gasteiger partial charge in [0.2, 0.25) is 6.54 Å². The topological polar surface area (TPSA) is 43.1 Å². The van der Waals surface area contributed by atoms with Gasteiger partial charge in [0.05, 0.1) is 5.56 Å². The van der Waals surface area contributed by atoms with Crippen molar-refractivity contribution in [1.29, 1.82) is 0 Å². The summed E-state index contributed by atoms with van der Waals surface area (Å²) in [5.41, 5.74) is 0.966. The van der Waals surface area contributed by atoms with E-state index in [4.69, 9.17) is 0 Å². The third kappa shape index (κ3) is 2.02. The zero-order valence-electron chi connectivity index (χ0n) is 6.58. The minimum Gasteiger partial charge on any atom is -0.264 e. The van der Waals surface area contributed by atoms with Crippen LogP contribution in [0, 0.1) is 22.9 Å². The van der Waals surface area contributed by atoms with Crippen LogP contribution in [0.5, 0.6) is 0 Å². The fourth-order valence-electron chi connectivity index (χ4n) is 0.964. The van der Waals surface area contributed by atoms with Gasteiger partial charge in [-0.05, 0) is 19.1 Å². The second kappa shape index (κ2) is 3.30. The molecule has 0 unspecified atom stereocenters. The van der Waals surface area contributed by atoms with Gasteiger partial charge in [0.25, 0.3) is 0 Å². The van der Waals surface area contributed by atoms with E-state index < -0.39 is 17.3 Å². The molecule has 3 nitrogen and oxygen atoms in total. The number of hydrogen-bond donors (Lipinski definition) is 0. The summed E-state index contributed by atoms with van der Waals surface area (Å²) in [6.07, 6.45) is 0. The third-order valence-electron chi connectivity index (χ3n) is 1.50. The van der Waals surface area contributed by atoms with Gasteiger partial charge in [0.1, 0.15) is 5.82 Å². The predicted molar refractivity (Wildman–Crippen MR) is 41.8 cm³/mol. The van der Waals surface area contributed by atoms with Crippen LogP contribution < -0.4 is 0 Å². The predicted octanol–water partition coefficient (Wildman–Crippen LogP) is 1.91. The van der Waals surface area contributed by atoms with Crippen LogP contribution >= 0.6 is 0 Å². The van der Waals surface area contributed by atoms with Gasteiger partial charge in [-0.1, -0.05) is 11.6 Å². The fourth-order valence-corrected chi connectivity index (χ4v) is 0.964. The standard InChI is InChI=1S/C8H8FNO2/c1-6-2-3-8(9)7(4-6)5-10(11)12/h2-4H,5H2,1H3. The van der Waals surface area contributed by atoms with Crippen LogP contribution in [-0.4, -0.2) is 4.92 Å². The van der Waals surface area contributed by atoms with E-state index >= 15 is 0 Å². The van der Waals surface area contributed by atoms with Gasteiger partial charge in [-0.2, -0.15) is 0 Å². The van der Waals surface area contributed by atoms with Gasteiger partial charge >= 0.3 is 0 Å². The lowest BCUT2D eigenvalue weighted by Gasteiger charge is -1.98. The second-order valence-electron chi connectivity index (χ2n) is 2.59. The summed E-state index contributed by atoms with van der Waals surface area (Å²) in [6.45, 7) is 1.32. The molecule has 1 aromatic rings. The number of hydrogen-bond acceptors (Lipinski definition) is 2. The first-order valence-electron chi connectivity index (χ1n) is 3.46. The van der Waals surface area contributed by atoms with E-state index in [9.17, 15) is 14.5 Å². The molecule has 0 aliphatic rings. The number of nitro groups is 1. The van der Waals surface area contributed by atoms with Crippen molar-refractivity contribution in [3.8, 4) is 0 Å². The van der Waals surface area contributed by atoms with Gasteiger partial charge in [0.15, 0.2) is 0 Å². The molecule has 0 saturated carbocycles. The molecule has 4 heteroatoms. The Labute approximate surface area is 69.0 Å². The molecule has 1 rings (SSSR count). The Morgan fingerprint density at radius 3 is 2.83 bits per heavy atom. The molecule has 64 valence electrons. The van der Waals surface area contributed by atoms with Gasteiger partial charge < -0.3 is 0 Å². The Hall–Kier alpha value is -1.45. The molecular weight excluding hydrogens is 161 g/mol. The largest absolute Gasteiger partial charge is 0.264 e. The maximum absolute atomic E-state index is 12.8. The van der Waals surface area contributed by atoms with Crippen molar-refractivity contribution >= 4 is 0 Å². The van der Waals surface area contributed by atoms with Crippen molar-refractivity contribution in [2.75, 3.05) is 0 Å². The molecule has 0 aliphatic heterocycles. The van der Waals surface area contributed by atoms with Gasteiger partial charge in [-0.15, -0.1) is 0 Å². The summed E-state index contributed by atoms with van der Waals surface area (Å²) in [5.74, 6) is -0.516. The summed E-state index contributed by atoms with van der Waals surface area (Å²) in [7, 11) is 0. The lowest BCUT2D eigenvalue weighted by molar-refractivity contribution is -0.497. The normalized spacial score (nSPS) is 9.83. The van der Waals surface area contributed by atoms with E-state index in [1.165, 1.54) is 12.1 Å². The van der Waals surface area contributed by atoms with Crippen molar-refractivity contribution in [3.05, 3.63) is 45.3 Å². The molecule has 1 aromatic carbocycles. The van der Waals surface area contributed by atoms with E-state index in [1.807, 2.05) is 0 Å². The molecule has 0 radical (unpaired) electrons. The van der Waals surface area contributed by atoms with Crippen LogP contribution in [0.1, 0.15) is 11.1 Å². The van der Waals surface area contributed by atoms with E-state index in [2.05, 4.69) is 0 Å². The smallest absolute Gasteiger partial charge is 0.231 e. The zero-order chi connectivity index (χ0) is 9.14. The molecule has 12 heavy (non-hydrogen) atoms. The number of benzene rings is 1. The maximum Gasteiger partial charge on any atom is 0.231 e. The van der Waals surface area contributed by atoms with Crippen molar-refractivity contribution in [2.45, 2.75) is 13.5 Å². The quantitative estimate of drug-likeness (QED) is 0.501. The average Bonchev–Trinajstić information content (AvgIpc) is 1.96. The summed E-state index contributed by atoms with van der Waals surface area (Å²) >= 11 is 0. The number of rotatable bonds is 2. The molecule has 0 aromatic heterocycles. The Kier molecular flexibility index (Phi) is 2.38. The maximum atomic E-state index is 12.8. The Morgan fingerprint density at radius 1 is 1.58 bits per heavy atom. The highest BCUT2D eigenvalue weighted by Gasteiger charge is 2.07. The van der Waals surface area contributed by atoms with Gasteiger partial charge in [-0.3, -0.25) is 10.1 Å². The average molecular weight is 169 g/mol. The first-order chi connectivity index (χ1) is 5.59. The molecule has 0 spiro atoms. The van der Waals surface area contributed by atoms with Crippen LogP contribution in [0.25, 0.3) is 0 Å². The molecule has 0 amide bonds. The first-order valence-corrected chi connectivity index (χ1v) is 3.46. The number of aryl methyl sites for hydroxylation is 1. The van der Waals surface area contributed by atoms with Crippen molar-refractivity contribution in [1.82, 2.24) is 0 Å². The summed E-state index contributed by atoms with van der Waals surface area (Å²) in [4.78, 5) is 9.53. The minimum absolute atomic E-state index is 0.139. The molecule has 0 atom stereocenters. The van der Waals surface area contributed by atoms with Crippen LogP contribution in [0.4, 0.5) is 4.39 Å². The van der Waals surface area contributed by atoms with E-state index in [0.29, 0.717) is 0 Å². The fraction of sp³-hybridized carbons (Fsp3) is 0.250. The third-order valence-corrected chi connectivity index (χ3v) is 1.50. The highest BCUT2D eigenvalue weighted by molar-refractivity contribution is 5.23. The summed E-state index contributed by atoms with van der Waals surface area (Å²) < 4.78 is 12.8. The monoisotopic (exact) mass is 169 g/mol. The Balaban J connectivity index is 2.97. The van der Waals surface area contributed by atoms with Gasteiger partial charge in [-0.25, -0.2) is 4.39 Å². The SMILES string of the molecule is Cc1ccc(F)c(C[N+](=O)[O-])c1. The number of halogens is 1. The van der Waals surface area contributed by atoms with Crippen molar-refractivity contribution in [2.24, 2.45) is 0 Å². The molecule has 0 saturated heterocycles. The van der Waals surface area contributed by atoms with Gasteiger partial charge in [0, 0.05) is 4.92 Å². The van der Waals surface area contributed by atoms with E-state index in [1.54, 1.807) is 13.0 Å². The van der Waals surface area contributed by atoms with Crippen LogP contribution in [-0.2, 0) is 6.54 Å². The van der Waals surface area contributed by atoms with Crippen LogP contribution in [0.3, 0.4) is 0 Å². The molecule has 0 bridgehead atoms. The van der Waals surface area contributed by atoms with E-state index in [0.717, 1.165) is 5.56 Å². The minimum atomic E-state index is -0.544. The lowest BCUT2D eigenvalue weighted by atomic mass is 10.1. The molecule has 0 fully saturated rings. The summed E-state index contributed by atoms with van der Waals surface area (Å²) in [5, 5.41) is 10.1. The van der Waals surface area contributed by atoms with E-state index in [-0.39, 0.29) is 5.56 Å². The highest BCUT2D eigenvalue weighted by atomic mass is 19.1. The Bertz CT molecular complexity index is 312. The summed E-state index contributed by atoms with van der Waals surface area (Å²) in [6, 6.07) is 4.31. The lowest BCUT2D eigenvalue weighted by Crippen LogP contribution is -2.01.